The lowest BCUT2D eigenvalue weighted by Gasteiger charge is -2.36. The molecule has 2 aromatic rings. The fourth-order valence-electron chi connectivity index (χ4n) is 3.26. The number of carbonyl (C=O) groups is 1. The highest BCUT2D eigenvalue weighted by molar-refractivity contribution is 5.83. The van der Waals surface area contributed by atoms with E-state index >= 15 is 0 Å². The van der Waals surface area contributed by atoms with Gasteiger partial charge in [0.05, 0.1) is 6.17 Å². The van der Waals surface area contributed by atoms with E-state index in [1.54, 1.807) is 0 Å². The summed E-state index contributed by atoms with van der Waals surface area (Å²) in [7, 11) is 0. The standard InChI is InChI=1S/C18H21N5O/c24-18-16-17(19-15(20-18)11-13-7-3-1-4-8-13)23(22-21-16)12-14-9-5-2-6-10-14/h1-10,15-17,19,21-22H,11-12H2,(H,20,24). The molecule has 0 bridgehead atoms. The predicted octanol–water partition coefficient (Wildman–Crippen LogP) is 0.494. The Morgan fingerprint density at radius 3 is 2.29 bits per heavy atom. The van der Waals surface area contributed by atoms with Gasteiger partial charge in [-0.2, -0.15) is 5.53 Å². The predicted molar refractivity (Wildman–Crippen MR) is 91.0 cm³/mol. The molecule has 2 aromatic carbocycles. The number of hydrazine groups is 2. The average molecular weight is 323 g/mol. The Morgan fingerprint density at radius 1 is 0.917 bits per heavy atom. The third-order valence-electron chi connectivity index (χ3n) is 4.46. The fourth-order valence-corrected chi connectivity index (χ4v) is 3.26. The zero-order chi connectivity index (χ0) is 16.4. The minimum absolute atomic E-state index is 0.0164. The molecular formula is C18H21N5O. The summed E-state index contributed by atoms with van der Waals surface area (Å²) in [5.41, 5.74) is 8.58. The number of nitrogens with one attached hydrogen (secondary N) is 4. The first-order chi connectivity index (χ1) is 11.8. The zero-order valence-electron chi connectivity index (χ0n) is 13.3. The van der Waals surface area contributed by atoms with Gasteiger partial charge in [0, 0.05) is 13.0 Å². The summed E-state index contributed by atoms with van der Waals surface area (Å²) in [5.74, 6) is 0.0164. The number of nitrogens with zero attached hydrogens (tertiary/aromatic N) is 1. The van der Waals surface area contributed by atoms with E-state index in [4.69, 9.17) is 0 Å². The minimum atomic E-state index is -0.305. The van der Waals surface area contributed by atoms with E-state index in [2.05, 4.69) is 45.9 Å². The summed E-state index contributed by atoms with van der Waals surface area (Å²) in [4.78, 5) is 12.4. The van der Waals surface area contributed by atoms with Gasteiger partial charge in [0.1, 0.15) is 12.2 Å². The van der Waals surface area contributed by atoms with Crippen LogP contribution in [0.4, 0.5) is 0 Å². The summed E-state index contributed by atoms with van der Waals surface area (Å²) >= 11 is 0. The maximum Gasteiger partial charge on any atom is 0.242 e. The van der Waals surface area contributed by atoms with Gasteiger partial charge in [-0.05, 0) is 11.1 Å². The number of amides is 1. The van der Waals surface area contributed by atoms with Crippen molar-refractivity contribution >= 4 is 5.91 Å². The van der Waals surface area contributed by atoms with Crippen LogP contribution >= 0.6 is 0 Å². The SMILES string of the molecule is O=C1NC(Cc2ccccc2)NC2C1NNN2Cc1ccccc1. The van der Waals surface area contributed by atoms with Crippen molar-refractivity contribution in [3.8, 4) is 0 Å². The summed E-state index contributed by atoms with van der Waals surface area (Å²) in [6.45, 7) is 0.716. The van der Waals surface area contributed by atoms with Crippen LogP contribution in [-0.4, -0.2) is 29.3 Å². The summed E-state index contributed by atoms with van der Waals surface area (Å²) in [6.07, 6.45) is 0.586. The summed E-state index contributed by atoms with van der Waals surface area (Å²) < 4.78 is 0. The van der Waals surface area contributed by atoms with Gasteiger partial charge in [0.2, 0.25) is 5.91 Å². The molecule has 2 heterocycles. The summed E-state index contributed by atoms with van der Waals surface area (Å²) in [5, 5.41) is 8.61. The van der Waals surface area contributed by atoms with Gasteiger partial charge in [-0.1, -0.05) is 60.7 Å². The third-order valence-corrected chi connectivity index (χ3v) is 4.46. The van der Waals surface area contributed by atoms with Crippen LogP contribution < -0.4 is 21.6 Å². The largest absolute Gasteiger partial charge is 0.339 e. The molecule has 0 radical (unpaired) electrons. The van der Waals surface area contributed by atoms with Crippen molar-refractivity contribution in [2.75, 3.05) is 0 Å². The summed E-state index contributed by atoms with van der Waals surface area (Å²) in [6, 6.07) is 20.1. The third kappa shape index (κ3) is 3.18. The molecule has 2 aliphatic heterocycles. The molecule has 2 aliphatic rings. The van der Waals surface area contributed by atoms with Crippen LogP contribution in [0.5, 0.6) is 0 Å². The number of carbonyl (C=O) groups excluding carboxylic acids is 1. The molecular weight excluding hydrogens is 302 g/mol. The Kier molecular flexibility index (Phi) is 4.27. The van der Waals surface area contributed by atoms with Crippen LogP contribution in [0.3, 0.4) is 0 Å². The Morgan fingerprint density at radius 2 is 1.58 bits per heavy atom. The van der Waals surface area contributed by atoms with Gasteiger partial charge in [-0.25, -0.2) is 10.4 Å². The molecule has 2 saturated heterocycles. The highest BCUT2D eigenvalue weighted by Gasteiger charge is 2.43. The van der Waals surface area contributed by atoms with Crippen molar-refractivity contribution in [2.45, 2.75) is 31.3 Å². The first-order valence-corrected chi connectivity index (χ1v) is 8.22. The Hall–Kier alpha value is -2.25. The maximum atomic E-state index is 12.4. The van der Waals surface area contributed by atoms with Crippen LogP contribution in [0, 0.1) is 0 Å². The highest BCUT2D eigenvalue weighted by atomic mass is 16.2. The van der Waals surface area contributed by atoms with E-state index in [9.17, 15) is 4.79 Å². The van der Waals surface area contributed by atoms with Crippen LogP contribution in [-0.2, 0) is 17.8 Å². The second kappa shape index (κ2) is 6.70. The Balaban J connectivity index is 1.46. The van der Waals surface area contributed by atoms with Crippen LogP contribution in [0.1, 0.15) is 11.1 Å². The van der Waals surface area contributed by atoms with Gasteiger partial charge < -0.3 is 5.32 Å². The van der Waals surface area contributed by atoms with Crippen LogP contribution in [0.25, 0.3) is 0 Å². The second-order valence-electron chi connectivity index (χ2n) is 6.21. The smallest absolute Gasteiger partial charge is 0.242 e. The van der Waals surface area contributed by atoms with Crippen molar-refractivity contribution in [3.05, 3.63) is 71.8 Å². The Bertz CT molecular complexity index is 693. The average Bonchev–Trinajstić information content (AvgIpc) is 3.00. The fraction of sp³-hybridized carbons (Fsp3) is 0.278. The highest BCUT2D eigenvalue weighted by Crippen LogP contribution is 2.16. The molecule has 0 saturated carbocycles. The first kappa shape index (κ1) is 15.3. The first-order valence-electron chi connectivity index (χ1n) is 8.22. The van der Waals surface area contributed by atoms with Crippen LogP contribution in [0.15, 0.2) is 60.7 Å². The minimum Gasteiger partial charge on any atom is -0.339 e. The number of fused-ring (bicyclic) bond motifs is 1. The van der Waals surface area contributed by atoms with Gasteiger partial charge in [-0.15, -0.1) is 0 Å². The van der Waals surface area contributed by atoms with E-state index in [0.717, 1.165) is 6.42 Å². The Labute approximate surface area is 141 Å². The second-order valence-corrected chi connectivity index (χ2v) is 6.21. The van der Waals surface area contributed by atoms with E-state index in [0.29, 0.717) is 6.54 Å². The van der Waals surface area contributed by atoms with E-state index in [1.165, 1.54) is 11.1 Å². The van der Waals surface area contributed by atoms with E-state index in [-0.39, 0.29) is 24.3 Å². The number of rotatable bonds is 4. The molecule has 24 heavy (non-hydrogen) atoms. The topological polar surface area (TPSA) is 68.4 Å². The molecule has 6 heteroatoms. The van der Waals surface area contributed by atoms with Crippen molar-refractivity contribution in [3.63, 3.8) is 0 Å². The molecule has 0 spiro atoms. The molecule has 3 unspecified atom stereocenters. The monoisotopic (exact) mass is 323 g/mol. The molecule has 2 fully saturated rings. The number of hydrogen-bond acceptors (Lipinski definition) is 5. The van der Waals surface area contributed by atoms with Crippen molar-refractivity contribution in [2.24, 2.45) is 0 Å². The molecule has 0 aromatic heterocycles. The van der Waals surface area contributed by atoms with Gasteiger partial charge in [0.25, 0.3) is 0 Å². The lowest BCUT2D eigenvalue weighted by Crippen LogP contribution is -2.67. The molecule has 124 valence electrons. The van der Waals surface area contributed by atoms with E-state index in [1.807, 2.05) is 41.4 Å². The van der Waals surface area contributed by atoms with Crippen LogP contribution in [0.2, 0.25) is 0 Å². The quantitative estimate of drug-likeness (QED) is 0.660. The molecule has 3 atom stereocenters. The van der Waals surface area contributed by atoms with Crippen molar-refractivity contribution in [1.29, 1.82) is 0 Å². The molecule has 1 amide bonds. The number of hydrogen-bond donors (Lipinski definition) is 4. The number of benzene rings is 2. The van der Waals surface area contributed by atoms with Crippen molar-refractivity contribution in [1.82, 2.24) is 26.6 Å². The lowest BCUT2D eigenvalue weighted by atomic mass is 10.1. The normalized spacial score (nSPS) is 26.8. The molecule has 6 nitrogen and oxygen atoms in total. The molecule has 4 rings (SSSR count). The van der Waals surface area contributed by atoms with E-state index < -0.39 is 0 Å². The maximum absolute atomic E-state index is 12.4. The van der Waals surface area contributed by atoms with Crippen molar-refractivity contribution < 1.29 is 4.79 Å². The zero-order valence-corrected chi connectivity index (χ0v) is 13.3. The lowest BCUT2D eigenvalue weighted by molar-refractivity contribution is -0.127. The van der Waals surface area contributed by atoms with Gasteiger partial charge >= 0.3 is 0 Å². The molecule has 0 aliphatic carbocycles. The van der Waals surface area contributed by atoms with Gasteiger partial charge in [-0.3, -0.25) is 10.1 Å². The van der Waals surface area contributed by atoms with Gasteiger partial charge in [0.15, 0.2) is 0 Å². The molecule has 4 N–H and O–H groups in total.